The van der Waals surface area contributed by atoms with Gasteiger partial charge in [0, 0.05) is 12.6 Å². The highest BCUT2D eigenvalue weighted by Gasteiger charge is 2.13. The highest BCUT2D eigenvalue weighted by Crippen LogP contribution is 2.26. The number of benzene rings is 1. The Morgan fingerprint density at radius 3 is 2.74 bits per heavy atom. The minimum atomic E-state index is -0.364. The van der Waals surface area contributed by atoms with Gasteiger partial charge in [-0.1, -0.05) is 13.8 Å². The first-order valence-corrected chi connectivity index (χ1v) is 6.71. The van der Waals surface area contributed by atoms with Gasteiger partial charge in [-0.3, -0.25) is 10.1 Å². The first-order chi connectivity index (χ1) is 9.08. The number of nitro benzene ring substituents is 1. The van der Waals surface area contributed by atoms with Gasteiger partial charge < -0.3 is 10.1 Å². The van der Waals surface area contributed by atoms with E-state index in [0.717, 1.165) is 24.9 Å². The molecule has 5 nitrogen and oxygen atoms in total. The highest BCUT2D eigenvalue weighted by atomic mass is 16.6. The molecule has 1 aromatic rings. The van der Waals surface area contributed by atoms with E-state index in [1.54, 1.807) is 12.1 Å². The van der Waals surface area contributed by atoms with Crippen LogP contribution in [-0.4, -0.2) is 17.6 Å². The zero-order valence-corrected chi connectivity index (χ0v) is 11.8. The van der Waals surface area contributed by atoms with Crippen molar-refractivity contribution >= 4 is 11.4 Å². The van der Waals surface area contributed by atoms with Gasteiger partial charge in [0.25, 0.3) is 5.69 Å². The van der Waals surface area contributed by atoms with Crippen LogP contribution in [0.3, 0.4) is 0 Å². The summed E-state index contributed by atoms with van der Waals surface area (Å²) in [4.78, 5) is 10.6. The largest absolute Gasteiger partial charge is 0.379 e. The summed E-state index contributed by atoms with van der Waals surface area (Å²) in [7, 11) is 0. The lowest BCUT2D eigenvalue weighted by Crippen LogP contribution is -2.07. The monoisotopic (exact) mass is 266 g/mol. The fraction of sp³-hybridized carbons (Fsp3) is 0.571. The van der Waals surface area contributed by atoms with Crippen LogP contribution < -0.4 is 5.32 Å². The molecule has 0 radical (unpaired) electrons. The summed E-state index contributed by atoms with van der Waals surface area (Å²) in [5.41, 5.74) is 1.63. The normalized spacial score (nSPS) is 12.2. The average Bonchev–Trinajstić information content (AvgIpc) is 2.42. The van der Waals surface area contributed by atoms with Crippen molar-refractivity contribution in [2.45, 2.75) is 46.3 Å². The molecule has 0 amide bonds. The molecule has 19 heavy (non-hydrogen) atoms. The second-order valence-electron chi connectivity index (χ2n) is 4.57. The van der Waals surface area contributed by atoms with Crippen molar-refractivity contribution in [3.8, 4) is 0 Å². The zero-order chi connectivity index (χ0) is 14.3. The van der Waals surface area contributed by atoms with E-state index in [9.17, 15) is 10.1 Å². The van der Waals surface area contributed by atoms with E-state index in [4.69, 9.17) is 4.74 Å². The fourth-order valence-electron chi connectivity index (χ4n) is 1.59. The Labute approximate surface area is 114 Å². The lowest BCUT2D eigenvalue weighted by atomic mass is 10.1. The third-order valence-electron chi connectivity index (χ3n) is 2.93. The fourth-order valence-corrected chi connectivity index (χ4v) is 1.59. The Morgan fingerprint density at radius 2 is 2.16 bits per heavy atom. The maximum Gasteiger partial charge on any atom is 0.292 e. The molecule has 0 aromatic heterocycles. The Balaban J connectivity index is 2.81. The zero-order valence-electron chi connectivity index (χ0n) is 11.8. The Morgan fingerprint density at radius 1 is 1.42 bits per heavy atom. The van der Waals surface area contributed by atoms with Crippen LogP contribution in [0.15, 0.2) is 18.2 Å². The molecule has 0 saturated carbocycles. The molecular weight excluding hydrogens is 244 g/mol. The summed E-state index contributed by atoms with van der Waals surface area (Å²) in [5, 5.41) is 14.0. The molecule has 106 valence electrons. The molecule has 1 unspecified atom stereocenters. The van der Waals surface area contributed by atoms with Crippen LogP contribution in [0.4, 0.5) is 11.4 Å². The molecule has 0 aliphatic heterocycles. The Kier molecular flexibility index (Phi) is 6.29. The summed E-state index contributed by atoms with van der Waals surface area (Å²) in [6, 6.07) is 5.08. The van der Waals surface area contributed by atoms with E-state index in [1.165, 1.54) is 6.07 Å². The first kappa shape index (κ1) is 15.4. The van der Waals surface area contributed by atoms with Gasteiger partial charge in [0.1, 0.15) is 5.69 Å². The van der Waals surface area contributed by atoms with E-state index in [-0.39, 0.29) is 16.7 Å². The van der Waals surface area contributed by atoms with Crippen molar-refractivity contribution in [3.05, 3.63) is 33.9 Å². The first-order valence-electron chi connectivity index (χ1n) is 6.71. The number of nitro groups is 1. The van der Waals surface area contributed by atoms with Gasteiger partial charge in [-0.15, -0.1) is 0 Å². The molecule has 1 aromatic carbocycles. The van der Waals surface area contributed by atoms with Crippen LogP contribution in [0, 0.1) is 10.1 Å². The second kappa shape index (κ2) is 7.74. The predicted molar refractivity (Wildman–Crippen MR) is 76.4 cm³/mol. The van der Waals surface area contributed by atoms with E-state index in [1.807, 2.05) is 13.8 Å². The van der Waals surface area contributed by atoms with Crippen LogP contribution in [0.1, 0.15) is 39.2 Å². The van der Waals surface area contributed by atoms with Crippen LogP contribution in [0.25, 0.3) is 0 Å². The third-order valence-corrected chi connectivity index (χ3v) is 2.93. The van der Waals surface area contributed by atoms with Crippen molar-refractivity contribution in [1.29, 1.82) is 0 Å². The molecule has 1 rings (SSSR count). The second-order valence-corrected chi connectivity index (χ2v) is 4.57. The lowest BCUT2D eigenvalue weighted by molar-refractivity contribution is -0.384. The summed E-state index contributed by atoms with van der Waals surface area (Å²) < 4.78 is 5.64. The summed E-state index contributed by atoms with van der Waals surface area (Å²) in [6.45, 7) is 7.30. The lowest BCUT2D eigenvalue weighted by Gasteiger charge is -2.12. The molecule has 0 spiro atoms. The summed E-state index contributed by atoms with van der Waals surface area (Å²) in [5.74, 6) is 0. The maximum absolute atomic E-state index is 10.9. The number of ether oxygens (including phenoxy) is 1. The molecule has 0 aliphatic rings. The topological polar surface area (TPSA) is 64.4 Å². The standard InChI is InChI=1S/C14H22N2O3/c1-4-8-15-13-9-12(10-19-11(3)5-2)6-7-14(13)16(17)18/h6-7,9,11,15H,4-5,8,10H2,1-3H3. The maximum atomic E-state index is 10.9. The van der Waals surface area contributed by atoms with Crippen molar-refractivity contribution < 1.29 is 9.66 Å². The van der Waals surface area contributed by atoms with Gasteiger partial charge in [0.05, 0.1) is 17.6 Å². The number of nitrogens with zero attached hydrogens (tertiary/aromatic N) is 1. The quantitative estimate of drug-likeness (QED) is 0.575. The molecule has 0 saturated heterocycles. The number of rotatable bonds is 8. The summed E-state index contributed by atoms with van der Waals surface area (Å²) >= 11 is 0. The van der Waals surface area contributed by atoms with E-state index >= 15 is 0 Å². The van der Waals surface area contributed by atoms with Crippen LogP contribution in [0.2, 0.25) is 0 Å². The number of hydrogen-bond acceptors (Lipinski definition) is 4. The SMILES string of the molecule is CCCNc1cc(COC(C)CC)ccc1[N+](=O)[O-]. The summed E-state index contributed by atoms with van der Waals surface area (Å²) in [6.07, 6.45) is 2.07. The number of nitrogens with one attached hydrogen (secondary N) is 1. The van der Waals surface area contributed by atoms with Crippen molar-refractivity contribution in [2.24, 2.45) is 0 Å². The van der Waals surface area contributed by atoms with Gasteiger partial charge in [-0.2, -0.15) is 0 Å². The van der Waals surface area contributed by atoms with Crippen LogP contribution >= 0.6 is 0 Å². The molecule has 0 fully saturated rings. The van der Waals surface area contributed by atoms with E-state index < -0.39 is 0 Å². The van der Waals surface area contributed by atoms with Gasteiger partial charge in [0.15, 0.2) is 0 Å². The minimum absolute atomic E-state index is 0.112. The molecule has 5 heteroatoms. The molecule has 0 bridgehead atoms. The van der Waals surface area contributed by atoms with Crippen LogP contribution in [0.5, 0.6) is 0 Å². The molecule has 1 atom stereocenters. The molecule has 0 heterocycles. The Bertz CT molecular complexity index is 421. The molecule has 1 N–H and O–H groups in total. The highest BCUT2D eigenvalue weighted by molar-refractivity contribution is 5.62. The average molecular weight is 266 g/mol. The van der Waals surface area contributed by atoms with Crippen molar-refractivity contribution in [2.75, 3.05) is 11.9 Å². The minimum Gasteiger partial charge on any atom is -0.379 e. The third kappa shape index (κ3) is 4.87. The van der Waals surface area contributed by atoms with Gasteiger partial charge in [-0.25, -0.2) is 0 Å². The van der Waals surface area contributed by atoms with Gasteiger partial charge in [-0.05, 0) is 37.5 Å². The number of anilines is 1. The van der Waals surface area contributed by atoms with Crippen LogP contribution in [-0.2, 0) is 11.3 Å². The molecular formula is C14H22N2O3. The number of hydrogen-bond donors (Lipinski definition) is 1. The Hall–Kier alpha value is -1.62. The van der Waals surface area contributed by atoms with Crippen molar-refractivity contribution in [1.82, 2.24) is 0 Å². The van der Waals surface area contributed by atoms with E-state index in [0.29, 0.717) is 12.3 Å². The van der Waals surface area contributed by atoms with Gasteiger partial charge >= 0.3 is 0 Å². The molecule has 0 aliphatic carbocycles. The smallest absolute Gasteiger partial charge is 0.292 e. The van der Waals surface area contributed by atoms with Gasteiger partial charge in [0.2, 0.25) is 0 Å². The van der Waals surface area contributed by atoms with Crippen molar-refractivity contribution in [3.63, 3.8) is 0 Å². The predicted octanol–water partition coefficient (Wildman–Crippen LogP) is 3.73. The van der Waals surface area contributed by atoms with E-state index in [2.05, 4.69) is 12.2 Å².